The lowest BCUT2D eigenvalue weighted by Crippen LogP contribution is -2.29. The number of rotatable bonds is 13. The third kappa shape index (κ3) is 7.10. The highest BCUT2D eigenvalue weighted by Crippen LogP contribution is 2.35. The summed E-state index contributed by atoms with van der Waals surface area (Å²) in [7, 11) is 2.41. The van der Waals surface area contributed by atoms with E-state index in [4.69, 9.17) is 14.3 Å². The molecule has 1 amide bonds. The van der Waals surface area contributed by atoms with E-state index in [2.05, 4.69) is 5.32 Å². The lowest BCUT2D eigenvalue weighted by Gasteiger charge is -2.20. The minimum Gasteiger partial charge on any atom is -0.497 e. The van der Waals surface area contributed by atoms with Gasteiger partial charge in [-0.1, -0.05) is 6.42 Å². The van der Waals surface area contributed by atoms with Gasteiger partial charge in [-0.25, -0.2) is 0 Å². The summed E-state index contributed by atoms with van der Waals surface area (Å²) in [5.74, 6) is 1.10. The third-order valence-electron chi connectivity index (χ3n) is 6.15. The summed E-state index contributed by atoms with van der Waals surface area (Å²) in [6.45, 7) is 2.18. The summed E-state index contributed by atoms with van der Waals surface area (Å²) in [5, 5.41) is 13.4. The Balaban J connectivity index is 1.80. The topological polar surface area (TPSA) is 109 Å². The van der Waals surface area contributed by atoms with E-state index < -0.39 is 16.8 Å². The van der Waals surface area contributed by atoms with E-state index in [1.54, 1.807) is 32.5 Å². The monoisotopic (exact) mass is 514 g/mol. The smallest absolute Gasteiger partial charge is 0.305 e. The summed E-state index contributed by atoms with van der Waals surface area (Å²) in [6.07, 6.45) is 4.13. The van der Waals surface area contributed by atoms with Crippen LogP contribution in [0.25, 0.3) is 11.0 Å². The van der Waals surface area contributed by atoms with Gasteiger partial charge in [0.15, 0.2) is 0 Å². The van der Waals surface area contributed by atoms with E-state index in [1.165, 1.54) is 4.90 Å². The van der Waals surface area contributed by atoms with Crippen LogP contribution in [0.15, 0.2) is 46.9 Å². The number of hydrogen-bond acceptors (Lipinski definition) is 6. The fourth-order valence-corrected chi connectivity index (χ4v) is 4.71. The van der Waals surface area contributed by atoms with Crippen LogP contribution in [0, 0.1) is 6.92 Å². The van der Waals surface area contributed by atoms with Gasteiger partial charge < -0.3 is 24.5 Å². The summed E-state index contributed by atoms with van der Waals surface area (Å²) in [6, 6.07) is 12.8. The van der Waals surface area contributed by atoms with Crippen molar-refractivity contribution in [3.05, 3.63) is 59.4 Å². The first-order valence-electron chi connectivity index (χ1n) is 11.9. The number of unbranched alkanes of at least 4 members (excludes halogenated alkanes) is 1. The number of nitrogens with one attached hydrogen (secondary N) is 1. The number of carbonyl (C=O) groups is 2. The highest BCUT2D eigenvalue weighted by molar-refractivity contribution is 7.84. The molecule has 8 nitrogen and oxygen atoms in total. The minimum absolute atomic E-state index is 0.0993. The molecule has 0 spiro atoms. The first-order chi connectivity index (χ1) is 17.2. The van der Waals surface area contributed by atoms with E-state index in [0.717, 1.165) is 53.0 Å². The number of furan rings is 1. The minimum atomic E-state index is -0.940. The van der Waals surface area contributed by atoms with Gasteiger partial charge in [0.05, 0.1) is 19.6 Å². The molecule has 3 rings (SSSR count). The molecule has 0 aliphatic rings. The molecule has 2 atom stereocenters. The second-order valence-electron chi connectivity index (χ2n) is 8.87. The van der Waals surface area contributed by atoms with Crippen LogP contribution in [-0.2, 0) is 15.6 Å². The number of carboxylic acid groups (broad SMARTS) is 1. The van der Waals surface area contributed by atoms with Crippen molar-refractivity contribution in [1.29, 1.82) is 0 Å². The van der Waals surface area contributed by atoms with Gasteiger partial charge in [0.25, 0.3) is 5.91 Å². The predicted molar refractivity (Wildman–Crippen MR) is 142 cm³/mol. The molecule has 2 unspecified atom stereocenters. The van der Waals surface area contributed by atoms with E-state index in [0.29, 0.717) is 11.3 Å². The highest BCUT2D eigenvalue weighted by Gasteiger charge is 2.21. The molecule has 2 aromatic carbocycles. The molecule has 36 heavy (non-hydrogen) atoms. The van der Waals surface area contributed by atoms with E-state index in [9.17, 15) is 13.8 Å². The largest absolute Gasteiger partial charge is 0.497 e. The van der Waals surface area contributed by atoms with E-state index in [1.807, 2.05) is 37.3 Å². The Hall–Kier alpha value is -3.33. The first kappa shape index (κ1) is 27.3. The number of benzene rings is 2. The number of carbonyl (C=O) groups excluding carboxylic acids is 1. The number of fused-ring (bicyclic) bond motifs is 1. The van der Waals surface area contributed by atoms with Gasteiger partial charge in [-0.15, -0.1) is 0 Å². The van der Waals surface area contributed by atoms with Crippen molar-refractivity contribution < 1.29 is 28.1 Å². The molecule has 0 aliphatic heterocycles. The number of carboxylic acids is 1. The van der Waals surface area contributed by atoms with Gasteiger partial charge in [-0.05, 0) is 62.2 Å². The van der Waals surface area contributed by atoms with Crippen LogP contribution in [0.1, 0.15) is 53.4 Å². The van der Waals surface area contributed by atoms with Gasteiger partial charge in [0, 0.05) is 58.6 Å². The number of aryl methyl sites for hydroxylation is 1. The Labute approximate surface area is 214 Å². The number of methoxy groups -OCH3 is 1. The first-order valence-corrected chi connectivity index (χ1v) is 13.6. The summed E-state index contributed by atoms with van der Waals surface area (Å²) in [5.41, 5.74) is 3.14. The Morgan fingerprint density at radius 3 is 2.53 bits per heavy atom. The van der Waals surface area contributed by atoms with Crippen LogP contribution in [0.4, 0.5) is 5.69 Å². The van der Waals surface area contributed by atoms with Crippen molar-refractivity contribution in [1.82, 2.24) is 4.90 Å². The zero-order chi connectivity index (χ0) is 26.2. The standard InChI is InChI=1S/C27H34N2O6S/c1-18-22-17-21(34-3)12-13-24(22)35-26(18)23(7-5-6-16-36(4)33)28-20-10-8-19(9-11-20)27(32)29(2)15-14-25(30)31/h8-13,17,23,28H,5-7,14-16H2,1-4H3,(H,30,31). The number of amides is 1. The second kappa shape index (κ2) is 12.6. The van der Waals surface area contributed by atoms with Crippen molar-refractivity contribution in [3.8, 4) is 5.75 Å². The van der Waals surface area contributed by atoms with Gasteiger partial charge >= 0.3 is 5.97 Å². The molecule has 0 saturated carbocycles. The van der Waals surface area contributed by atoms with Crippen molar-refractivity contribution in [2.75, 3.05) is 38.0 Å². The maximum absolute atomic E-state index is 12.6. The van der Waals surface area contributed by atoms with E-state index >= 15 is 0 Å². The summed E-state index contributed by atoms with van der Waals surface area (Å²) < 4.78 is 23.1. The van der Waals surface area contributed by atoms with Crippen molar-refractivity contribution in [3.63, 3.8) is 0 Å². The molecule has 3 aromatic rings. The van der Waals surface area contributed by atoms with Gasteiger partial charge in [-0.3, -0.25) is 13.8 Å². The van der Waals surface area contributed by atoms with Crippen LogP contribution >= 0.6 is 0 Å². The number of nitrogens with zero attached hydrogens (tertiary/aromatic N) is 1. The summed E-state index contributed by atoms with van der Waals surface area (Å²) >= 11 is 0. The predicted octanol–water partition coefficient (Wildman–Crippen LogP) is 5.00. The van der Waals surface area contributed by atoms with Crippen LogP contribution in [0.3, 0.4) is 0 Å². The Morgan fingerprint density at radius 2 is 1.89 bits per heavy atom. The molecule has 0 fully saturated rings. The summed E-state index contributed by atoms with van der Waals surface area (Å²) in [4.78, 5) is 24.8. The second-order valence-corrected chi connectivity index (χ2v) is 10.4. The Bertz CT molecular complexity index is 1220. The van der Waals surface area contributed by atoms with Crippen molar-refractivity contribution in [2.45, 2.75) is 38.6 Å². The van der Waals surface area contributed by atoms with Crippen LogP contribution in [0.2, 0.25) is 0 Å². The van der Waals surface area contributed by atoms with Gasteiger partial charge in [-0.2, -0.15) is 0 Å². The number of ether oxygens (including phenoxy) is 1. The Morgan fingerprint density at radius 1 is 1.17 bits per heavy atom. The number of anilines is 1. The number of hydrogen-bond donors (Lipinski definition) is 2. The Kier molecular flexibility index (Phi) is 9.52. The van der Waals surface area contributed by atoms with Gasteiger partial charge in [0.2, 0.25) is 0 Å². The fourth-order valence-electron chi connectivity index (χ4n) is 4.10. The fraction of sp³-hybridized carbons (Fsp3) is 0.407. The molecule has 0 radical (unpaired) electrons. The normalized spacial score (nSPS) is 12.8. The SMILES string of the molecule is COc1ccc2oc(C(CCCCS(C)=O)Nc3ccc(C(=O)N(C)CCC(=O)O)cc3)c(C)c2c1. The number of aliphatic carboxylic acids is 1. The van der Waals surface area contributed by atoms with E-state index in [-0.39, 0.29) is 24.9 Å². The lowest BCUT2D eigenvalue weighted by atomic mass is 10.0. The highest BCUT2D eigenvalue weighted by atomic mass is 32.2. The molecule has 194 valence electrons. The molecule has 1 heterocycles. The molecule has 0 aliphatic carbocycles. The lowest BCUT2D eigenvalue weighted by molar-refractivity contribution is -0.137. The zero-order valence-electron chi connectivity index (χ0n) is 21.2. The molecular weight excluding hydrogens is 480 g/mol. The molecule has 9 heteroatoms. The van der Waals surface area contributed by atoms with Gasteiger partial charge in [0.1, 0.15) is 17.1 Å². The average molecular weight is 515 g/mol. The molecule has 0 bridgehead atoms. The van der Waals surface area contributed by atoms with Crippen molar-refractivity contribution in [2.24, 2.45) is 0 Å². The van der Waals surface area contributed by atoms with Crippen LogP contribution in [0.5, 0.6) is 5.75 Å². The van der Waals surface area contributed by atoms with Crippen molar-refractivity contribution >= 4 is 39.3 Å². The molecule has 0 saturated heterocycles. The maximum Gasteiger partial charge on any atom is 0.305 e. The maximum atomic E-state index is 12.6. The molecule has 2 N–H and O–H groups in total. The van der Waals surface area contributed by atoms with Crippen LogP contribution in [-0.4, -0.2) is 58.8 Å². The van der Waals surface area contributed by atoms with Crippen LogP contribution < -0.4 is 10.1 Å². The average Bonchev–Trinajstić information content (AvgIpc) is 3.19. The molecular formula is C27H34N2O6S. The quantitative estimate of drug-likeness (QED) is 0.309. The molecule has 1 aromatic heterocycles. The third-order valence-corrected chi connectivity index (χ3v) is 7.02. The zero-order valence-corrected chi connectivity index (χ0v) is 22.0.